The van der Waals surface area contributed by atoms with Crippen LogP contribution in [-0.2, 0) is 14.6 Å². The van der Waals surface area contributed by atoms with Gasteiger partial charge in [0.15, 0.2) is 27.2 Å². The number of carbonyl (C=O) groups is 1. The second-order valence-corrected chi connectivity index (χ2v) is 9.79. The number of nitrogens with one attached hydrogen (secondary N) is 1. The molecule has 32 heavy (non-hydrogen) atoms. The Morgan fingerprint density at radius 2 is 1.91 bits per heavy atom. The van der Waals surface area contributed by atoms with Gasteiger partial charge in [0.1, 0.15) is 13.2 Å². The predicted octanol–water partition coefficient (Wildman–Crippen LogP) is 2.25. The summed E-state index contributed by atoms with van der Waals surface area (Å²) in [7, 11) is -3.66. The first-order valence-corrected chi connectivity index (χ1v) is 12.0. The molecule has 10 nitrogen and oxygen atoms in total. The van der Waals surface area contributed by atoms with E-state index in [2.05, 4.69) is 20.8 Å². The average molecular weight is 455 g/mol. The molecule has 2 aliphatic rings. The zero-order valence-corrected chi connectivity index (χ0v) is 17.9. The van der Waals surface area contributed by atoms with Crippen LogP contribution in [0.5, 0.6) is 11.5 Å². The van der Waals surface area contributed by atoms with Crippen LogP contribution in [0.15, 0.2) is 47.4 Å². The van der Waals surface area contributed by atoms with Crippen LogP contribution in [-0.4, -0.2) is 53.5 Å². The molecule has 1 amide bonds. The van der Waals surface area contributed by atoms with E-state index in [1.54, 1.807) is 28.9 Å². The van der Waals surface area contributed by atoms with Crippen LogP contribution in [0.1, 0.15) is 25.3 Å². The second kappa shape index (κ2) is 8.23. The summed E-state index contributed by atoms with van der Waals surface area (Å²) in [6.07, 6.45) is 1.92. The summed E-state index contributed by atoms with van der Waals surface area (Å²) in [5, 5.41) is 14.6. The van der Waals surface area contributed by atoms with Crippen molar-refractivity contribution in [3.8, 4) is 22.9 Å². The Kier molecular flexibility index (Phi) is 5.25. The Balaban J connectivity index is 1.24. The first-order valence-electron chi connectivity index (χ1n) is 10.3. The highest BCUT2D eigenvalue weighted by Crippen LogP contribution is 2.37. The standard InChI is InChI=1S/C21H21N5O5S/c27-20(8-11-32(28,29)17-6-7-18-19(13-17)31-10-9-30-18)22-15-3-1-2-14(12-15)21-23-24-25-26(21)16-4-5-16/h1-3,6-7,12-13,16H,4-5,8-11H2,(H,22,27). The minimum atomic E-state index is -3.66. The third kappa shape index (κ3) is 4.28. The van der Waals surface area contributed by atoms with Crippen LogP contribution < -0.4 is 14.8 Å². The smallest absolute Gasteiger partial charge is 0.225 e. The molecule has 0 atom stereocenters. The number of sulfone groups is 1. The highest BCUT2D eigenvalue weighted by molar-refractivity contribution is 7.91. The summed E-state index contributed by atoms with van der Waals surface area (Å²) in [6, 6.07) is 12.0. The highest BCUT2D eigenvalue weighted by Gasteiger charge is 2.28. The van der Waals surface area contributed by atoms with E-state index in [9.17, 15) is 13.2 Å². The molecular formula is C21H21N5O5S. The van der Waals surface area contributed by atoms with Gasteiger partial charge in [-0.2, -0.15) is 0 Å². The second-order valence-electron chi connectivity index (χ2n) is 7.68. The molecule has 5 rings (SSSR count). The van der Waals surface area contributed by atoms with Crippen molar-refractivity contribution in [2.45, 2.75) is 30.2 Å². The summed E-state index contributed by atoms with van der Waals surface area (Å²) in [5.74, 6) is 0.834. The summed E-state index contributed by atoms with van der Waals surface area (Å²) >= 11 is 0. The number of anilines is 1. The average Bonchev–Trinajstić information content (AvgIpc) is 3.53. The summed E-state index contributed by atoms with van der Waals surface area (Å²) < 4.78 is 38.0. The number of amides is 1. The van der Waals surface area contributed by atoms with E-state index >= 15 is 0 Å². The molecule has 1 N–H and O–H groups in total. The number of hydrogen-bond acceptors (Lipinski definition) is 8. The van der Waals surface area contributed by atoms with Crippen LogP contribution >= 0.6 is 0 Å². The van der Waals surface area contributed by atoms with Gasteiger partial charge in [0.05, 0.1) is 16.7 Å². The van der Waals surface area contributed by atoms with Gasteiger partial charge >= 0.3 is 0 Å². The Hall–Kier alpha value is -3.47. The Labute approximate surface area is 184 Å². The van der Waals surface area contributed by atoms with Crippen molar-refractivity contribution < 1.29 is 22.7 Å². The number of rotatable bonds is 7. The fourth-order valence-electron chi connectivity index (χ4n) is 3.47. The summed E-state index contributed by atoms with van der Waals surface area (Å²) in [4.78, 5) is 12.5. The van der Waals surface area contributed by atoms with E-state index in [-0.39, 0.29) is 17.1 Å². The van der Waals surface area contributed by atoms with Crippen LogP contribution in [0.2, 0.25) is 0 Å². The maximum absolute atomic E-state index is 12.7. The lowest BCUT2D eigenvalue weighted by Gasteiger charge is -2.18. The van der Waals surface area contributed by atoms with E-state index in [0.717, 1.165) is 18.4 Å². The molecule has 0 radical (unpaired) electrons. The third-order valence-corrected chi connectivity index (χ3v) is 6.97. The third-order valence-electron chi connectivity index (χ3n) is 5.26. The van der Waals surface area contributed by atoms with Gasteiger partial charge in [-0.1, -0.05) is 12.1 Å². The quantitative estimate of drug-likeness (QED) is 0.575. The monoisotopic (exact) mass is 455 g/mol. The Bertz CT molecular complexity index is 1270. The molecular weight excluding hydrogens is 434 g/mol. The minimum absolute atomic E-state index is 0.100. The van der Waals surface area contributed by atoms with E-state index < -0.39 is 15.7 Å². The zero-order chi connectivity index (χ0) is 22.1. The molecule has 11 heteroatoms. The van der Waals surface area contributed by atoms with Crippen LogP contribution in [0.4, 0.5) is 5.69 Å². The number of fused-ring (bicyclic) bond motifs is 1. The Morgan fingerprint density at radius 3 is 2.72 bits per heavy atom. The molecule has 2 aromatic carbocycles. The van der Waals surface area contributed by atoms with Gasteiger partial charge < -0.3 is 14.8 Å². The van der Waals surface area contributed by atoms with Crippen molar-refractivity contribution >= 4 is 21.4 Å². The van der Waals surface area contributed by atoms with E-state index in [1.165, 1.54) is 12.1 Å². The van der Waals surface area contributed by atoms with Gasteiger partial charge in [-0.15, -0.1) is 5.10 Å². The van der Waals surface area contributed by atoms with Crippen molar-refractivity contribution in [3.63, 3.8) is 0 Å². The van der Waals surface area contributed by atoms with E-state index in [1.807, 2.05) is 6.07 Å². The summed E-state index contributed by atoms with van der Waals surface area (Å²) in [6.45, 7) is 0.793. The van der Waals surface area contributed by atoms with Gasteiger partial charge in [0, 0.05) is 23.7 Å². The Morgan fingerprint density at radius 1 is 1.09 bits per heavy atom. The highest BCUT2D eigenvalue weighted by atomic mass is 32.2. The van der Waals surface area contributed by atoms with E-state index in [4.69, 9.17) is 9.47 Å². The zero-order valence-electron chi connectivity index (χ0n) is 17.1. The van der Waals surface area contributed by atoms with Gasteiger partial charge in [-0.3, -0.25) is 4.79 Å². The first-order chi connectivity index (χ1) is 15.5. The van der Waals surface area contributed by atoms with Gasteiger partial charge in [0.25, 0.3) is 0 Å². The van der Waals surface area contributed by atoms with Gasteiger partial charge in [-0.25, -0.2) is 13.1 Å². The van der Waals surface area contributed by atoms with Gasteiger partial charge in [-0.05, 0) is 47.5 Å². The first kappa shape index (κ1) is 20.4. The minimum Gasteiger partial charge on any atom is -0.486 e. The van der Waals surface area contributed by atoms with Crippen molar-refractivity contribution in [3.05, 3.63) is 42.5 Å². The maximum Gasteiger partial charge on any atom is 0.225 e. The number of nitrogens with zero attached hydrogens (tertiary/aromatic N) is 4. The van der Waals surface area contributed by atoms with Crippen LogP contribution in [0.3, 0.4) is 0 Å². The lowest BCUT2D eigenvalue weighted by atomic mass is 10.2. The molecule has 0 unspecified atom stereocenters. The molecule has 2 heterocycles. The molecule has 0 saturated heterocycles. The van der Waals surface area contributed by atoms with E-state index in [0.29, 0.717) is 42.3 Å². The molecule has 3 aromatic rings. The topological polar surface area (TPSA) is 125 Å². The normalized spacial score (nSPS) is 15.4. The fraction of sp³-hybridized carbons (Fsp3) is 0.333. The number of ether oxygens (including phenoxy) is 2. The van der Waals surface area contributed by atoms with Crippen LogP contribution in [0.25, 0.3) is 11.4 Å². The number of tetrazole rings is 1. The maximum atomic E-state index is 12.7. The molecule has 1 saturated carbocycles. The van der Waals surface area contributed by atoms with Crippen molar-refractivity contribution in [2.75, 3.05) is 24.3 Å². The number of carbonyl (C=O) groups excluding carboxylic acids is 1. The number of hydrogen-bond donors (Lipinski definition) is 1. The molecule has 1 aromatic heterocycles. The summed E-state index contributed by atoms with van der Waals surface area (Å²) in [5.41, 5.74) is 1.33. The fourth-order valence-corrected chi connectivity index (χ4v) is 4.72. The number of benzene rings is 2. The molecule has 0 spiro atoms. The molecule has 0 bridgehead atoms. The van der Waals surface area contributed by atoms with Gasteiger partial charge in [0.2, 0.25) is 5.91 Å². The lowest BCUT2D eigenvalue weighted by molar-refractivity contribution is -0.115. The SMILES string of the molecule is O=C(CCS(=O)(=O)c1ccc2c(c1)OCCO2)Nc1cccc(-c2nnnn2C2CC2)c1. The lowest BCUT2D eigenvalue weighted by Crippen LogP contribution is -2.18. The molecule has 166 valence electrons. The number of aromatic nitrogens is 4. The largest absolute Gasteiger partial charge is 0.486 e. The predicted molar refractivity (Wildman–Crippen MR) is 114 cm³/mol. The van der Waals surface area contributed by atoms with Crippen molar-refractivity contribution in [2.24, 2.45) is 0 Å². The molecule has 1 aliphatic heterocycles. The van der Waals surface area contributed by atoms with Crippen molar-refractivity contribution in [1.29, 1.82) is 0 Å². The molecule has 1 fully saturated rings. The van der Waals surface area contributed by atoms with Crippen molar-refractivity contribution in [1.82, 2.24) is 20.2 Å². The molecule has 1 aliphatic carbocycles. The van der Waals surface area contributed by atoms with Crippen LogP contribution in [0, 0.1) is 0 Å².